The smallest absolute Gasteiger partial charge is 0.392 e. The van der Waals surface area contributed by atoms with Gasteiger partial charge in [-0.25, -0.2) is 9.13 Å². The van der Waals surface area contributed by atoms with E-state index < -0.39 is 70.2 Å². The van der Waals surface area contributed by atoms with Crippen LogP contribution in [0, 0.1) is 58.2 Å². The summed E-state index contributed by atoms with van der Waals surface area (Å²) in [6.45, 7) is 17.0. The van der Waals surface area contributed by atoms with Crippen molar-refractivity contribution >= 4 is 21.6 Å². The van der Waals surface area contributed by atoms with E-state index in [1.54, 1.807) is 0 Å². The van der Waals surface area contributed by atoms with Crippen LogP contribution in [-0.2, 0) is 60.0 Å². The van der Waals surface area contributed by atoms with Crippen molar-refractivity contribution in [3.63, 3.8) is 0 Å². The van der Waals surface area contributed by atoms with Crippen molar-refractivity contribution in [1.82, 2.24) is 0 Å². The van der Waals surface area contributed by atoms with E-state index in [0.29, 0.717) is 32.3 Å². The van der Waals surface area contributed by atoms with Gasteiger partial charge in [0.25, 0.3) is 0 Å². The molecule has 3 saturated heterocycles. The molecule has 19 heteroatoms. The van der Waals surface area contributed by atoms with Crippen LogP contribution >= 0.6 is 15.6 Å². The summed E-state index contributed by atoms with van der Waals surface area (Å²) in [6, 6.07) is 3.98. The largest absolute Gasteiger partial charge is 0.475 e. The van der Waals surface area contributed by atoms with Crippen molar-refractivity contribution in [3.05, 3.63) is 0 Å². The number of carbonyl (C=O) groups is 1. The van der Waals surface area contributed by atoms with Crippen molar-refractivity contribution in [2.24, 2.45) is 41.2 Å². The van der Waals surface area contributed by atoms with Gasteiger partial charge in [0.05, 0.1) is 113 Å². The Hall–Kier alpha value is -1.53. The fraction of sp³-hybridized carbons (Fsp3) is 0.925. The second-order valence-electron chi connectivity index (χ2n) is 16.3. The van der Waals surface area contributed by atoms with Crippen molar-refractivity contribution in [2.75, 3.05) is 39.6 Å². The standard InChI is InChI=1S/C40H71N3O14P2/c1-10-31-25(4)38(45)26(5)35(53-31)23-51-58(46,49-20-14-17-41)57-40-28(7)33(12-3)55-36(30(40)9)24-52-59(47,50-21-15-18-42)56-39-27(6)32(11-2)54-34(29(39)8)22-48-19-13-16-37(43)44/h25-36,38-40,45H,10-16,19-24H2,1-9H3,(H2,43,44). The van der Waals surface area contributed by atoms with Gasteiger partial charge < -0.3 is 29.8 Å². The average molecular weight is 880 g/mol. The van der Waals surface area contributed by atoms with E-state index in [-0.39, 0.29) is 94.1 Å². The lowest BCUT2D eigenvalue weighted by molar-refractivity contribution is -0.186. The molecule has 0 radical (unpaired) electrons. The molecule has 17 unspecified atom stereocenters. The maximum absolute atomic E-state index is 14.6. The van der Waals surface area contributed by atoms with E-state index >= 15 is 0 Å². The maximum atomic E-state index is 14.6. The molecule has 0 aromatic carbocycles. The molecule has 0 aromatic rings. The minimum Gasteiger partial charge on any atom is -0.392 e. The molecule has 3 fully saturated rings. The number of primary amides is 1. The number of phosphoric ester groups is 2. The summed E-state index contributed by atoms with van der Waals surface area (Å²) in [7, 11) is -8.70. The Morgan fingerprint density at radius 2 is 0.983 bits per heavy atom. The Balaban J connectivity index is 1.81. The Kier molecular flexibility index (Phi) is 21.9. The minimum absolute atomic E-state index is 0.0523. The first kappa shape index (κ1) is 51.8. The summed E-state index contributed by atoms with van der Waals surface area (Å²) < 4.78 is 90.1. The molecule has 0 aliphatic carbocycles. The number of aliphatic hydroxyl groups excluding tert-OH is 1. The number of nitrogens with zero attached hydrogens (tertiary/aromatic N) is 2. The van der Waals surface area contributed by atoms with Crippen LogP contribution in [0.5, 0.6) is 0 Å². The number of ether oxygens (including phenoxy) is 4. The number of carbonyl (C=O) groups excluding carboxylic acids is 1. The maximum Gasteiger partial charge on any atom is 0.475 e. The van der Waals surface area contributed by atoms with Gasteiger partial charge in [-0.05, 0) is 25.7 Å². The van der Waals surface area contributed by atoms with Crippen molar-refractivity contribution in [3.8, 4) is 12.1 Å². The van der Waals surface area contributed by atoms with Gasteiger partial charge in [-0.15, -0.1) is 0 Å². The van der Waals surface area contributed by atoms with Crippen LogP contribution in [0.3, 0.4) is 0 Å². The van der Waals surface area contributed by atoms with E-state index in [1.165, 1.54) is 0 Å². The summed E-state index contributed by atoms with van der Waals surface area (Å²) in [6.07, 6.45) is -2.23. The van der Waals surface area contributed by atoms with Gasteiger partial charge >= 0.3 is 15.6 Å². The van der Waals surface area contributed by atoms with E-state index in [1.807, 2.05) is 74.5 Å². The lowest BCUT2D eigenvalue weighted by Crippen LogP contribution is -2.52. The number of phosphoric acid groups is 2. The van der Waals surface area contributed by atoms with Crippen LogP contribution in [0.1, 0.15) is 107 Å². The molecule has 0 bridgehead atoms. The zero-order valence-corrected chi connectivity index (χ0v) is 38.3. The first-order valence-corrected chi connectivity index (χ1v) is 24.3. The lowest BCUT2D eigenvalue weighted by atomic mass is 9.82. The Labute approximate surface area is 351 Å². The predicted octanol–water partition coefficient (Wildman–Crippen LogP) is 6.86. The van der Waals surface area contributed by atoms with Gasteiger partial charge in [0, 0.05) is 48.5 Å². The second kappa shape index (κ2) is 24.9. The minimum atomic E-state index is -4.36. The third-order valence-electron chi connectivity index (χ3n) is 12.1. The number of rotatable bonds is 25. The topological polar surface area (TPSA) is 237 Å². The summed E-state index contributed by atoms with van der Waals surface area (Å²) in [5.41, 5.74) is 5.26. The summed E-state index contributed by atoms with van der Waals surface area (Å²) >= 11 is 0. The number of nitrogens with two attached hydrogens (primary N) is 1. The highest BCUT2D eigenvalue weighted by Gasteiger charge is 2.50. The van der Waals surface area contributed by atoms with Crippen molar-refractivity contribution in [2.45, 2.75) is 162 Å². The normalized spacial score (nSPS) is 37.1. The molecule has 3 N–H and O–H groups in total. The molecule has 59 heavy (non-hydrogen) atoms. The first-order chi connectivity index (χ1) is 28.0. The zero-order chi connectivity index (χ0) is 43.9. The average Bonchev–Trinajstić information content (AvgIpc) is 3.20. The van der Waals surface area contributed by atoms with Crippen molar-refractivity contribution < 1.29 is 65.1 Å². The quantitative estimate of drug-likeness (QED) is 0.0704. The number of hydrogen-bond acceptors (Lipinski definition) is 16. The lowest BCUT2D eigenvalue weighted by Gasteiger charge is -2.46. The molecule has 3 rings (SSSR count). The molecule has 17 atom stereocenters. The van der Waals surface area contributed by atoms with Gasteiger partial charge in [0.2, 0.25) is 5.91 Å². The molecule has 3 heterocycles. The van der Waals surface area contributed by atoms with Gasteiger partial charge in [0.15, 0.2) is 0 Å². The second-order valence-corrected chi connectivity index (χ2v) is 19.5. The molecular formula is C40H71N3O14P2. The monoisotopic (exact) mass is 879 g/mol. The molecule has 3 aliphatic rings. The highest BCUT2D eigenvalue weighted by molar-refractivity contribution is 7.48. The van der Waals surface area contributed by atoms with Crippen LogP contribution in [-0.4, -0.2) is 106 Å². The number of aliphatic hydroxyl groups is 1. The fourth-order valence-corrected chi connectivity index (χ4v) is 11.3. The molecule has 3 aliphatic heterocycles. The number of hydrogen-bond donors (Lipinski definition) is 2. The van der Waals surface area contributed by atoms with Crippen LogP contribution < -0.4 is 5.73 Å². The van der Waals surface area contributed by atoms with Gasteiger partial charge in [0.1, 0.15) is 0 Å². The third kappa shape index (κ3) is 14.8. The molecule has 17 nitrogen and oxygen atoms in total. The van der Waals surface area contributed by atoms with E-state index in [4.69, 9.17) is 51.8 Å². The van der Waals surface area contributed by atoms with E-state index in [0.717, 1.165) is 0 Å². The molecule has 340 valence electrons. The first-order valence-electron chi connectivity index (χ1n) is 21.4. The highest BCUT2D eigenvalue weighted by atomic mass is 31.2. The number of nitriles is 2. The predicted molar refractivity (Wildman–Crippen MR) is 216 cm³/mol. The van der Waals surface area contributed by atoms with Gasteiger partial charge in [-0.2, -0.15) is 10.5 Å². The molecule has 0 saturated carbocycles. The van der Waals surface area contributed by atoms with Crippen molar-refractivity contribution in [1.29, 1.82) is 10.5 Å². The third-order valence-corrected chi connectivity index (χ3v) is 15.1. The van der Waals surface area contributed by atoms with Gasteiger partial charge in [-0.3, -0.25) is 31.9 Å². The van der Waals surface area contributed by atoms with Crippen LogP contribution in [0.15, 0.2) is 0 Å². The summed E-state index contributed by atoms with van der Waals surface area (Å²) in [5, 5.41) is 29.4. The highest BCUT2D eigenvalue weighted by Crippen LogP contribution is 2.57. The van der Waals surface area contributed by atoms with Crippen LogP contribution in [0.25, 0.3) is 0 Å². The number of amides is 1. The van der Waals surface area contributed by atoms with Crippen LogP contribution in [0.4, 0.5) is 0 Å². The van der Waals surface area contributed by atoms with E-state index in [9.17, 15) is 29.6 Å². The Morgan fingerprint density at radius 3 is 1.39 bits per heavy atom. The summed E-state index contributed by atoms with van der Waals surface area (Å²) in [4.78, 5) is 11.2. The Bertz CT molecular complexity index is 1460. The SMILES string of the molecule is CCC1OC(COP(=O)(OCCC#N)OC2C(C)C(CC)OC(COP(=O)(OCCC#N)OC3C(C)C(CC)OC(COCCCC(N)=O)C3C)C2C)C(C)C(O)C1C. The van der Waals surface area contributed by atoms with Gasteiger partial charge in [-0.1, -0.05) is 62.3 Å². The van der Waals surface area contributed by atoms with E-state index in [2.05, 4.69) is 0 Å². The van der Waals surface area contributed by atoms with Crippen LogP contribution in [0.2, 0.25) is 0 Å². The molecule has 1 amide bonds. The molecular weight excluding hydrogens is 808 g/mol. The molecule has 0 aromatic heterocycles. The molecule has 0 spiro atoms. The summed E-state index contributed by atoms with van der Waals surface area (Å²) in [5.74, 6) is -2.17. The Morgan fingerprint density at radius 1 is 0.610 bits per heavy atom. The zero-order valence-electron chi connectivity index (χ0n) is 36.5. The fourth-order valence-electron chi connectivity index (χ4n) is 8.28.